The first-order valence-corrected chi connectivity index (χ1v) is 24.2. The Balaban J connectivity index is 0.968. The zero-order valence-electron chi connectivity index (χ0n) is 38.8. The summed E-state index contributed by atoms with van der Waals surface area (Å²) in [5.74, 6) is 0. The molecule has 9 aromatic carbocycles. The fourth-order valence-corrected chi connectivity index (χ4v) is 12.3. The lowest BCUT2D eigenvalue weighted by Crippen LogP contribution is -2.17. The topological polar surface area (TPSA) is 3.24 Å². The van der Waals surface area contributed by atoms with Crippen LogP contribution in [0.3, 0.4) is 0 Å². The molecule has 0 fully saturated rings. The Labute approximate surface area is 393 Å². The Morgan fingerprint density at radius 1 is 0.364 bits per heavy atom. The Morgan fingerprint density at radius 2 is 0.894 bits per heavy atom. The first-order valence-electron chi connectivity index (χ1n) is 23.4. The van der Waals surface area contributed by atoms with E-state index in [-0.39, 0.29) is 16.2 Å². The average Bonchev–Trinajstić information content (AvgIpc) is 3.90. The van der Waals surface area contributed by atoms with Crippen LogP contribution in [-0.4, -0.2) is 0 Å². The summed E-state index contributed by atoms with van der Waals surface area (Å²) in [7, 11) is 0. The van der Waals surface area contributed by atoms with Crippen LogP contribution in [0.5, 0.6) is 0 Å². The molecule has 2 aliphatic carbocycles. The minimum Gasteiger partial charge on any atom is -0.310 e. The number of thiophene rings is 1. The highest BCUT2D eigenvalue weighted by molar-refractivity contribution is 7.25. The van der Waals surface area contributed by atoms with Gasteiger partial charge in [0.25, 0.3) is 0 Å². The van der Waals surface area contributed by atoms with E-state index in [1.165, 1.54) is 104 Å². The normalized spacial score (nSPS) is 14.2. The van der Waals surface area contributed by atoms with E-state index in [1.54, 1.807) is 0 Å². The summed E-state index contributed by atoms with van der Waals surface area (Å²) in [6.07, 6.45) is 0. The minimum atomic E-state index is -0.131. The summed E-state index contributed by atoms with van der Waals surface area (Å²) in [5, 5.41) is 2.66. The molecule has 0 spiro atoms. The van der Waals surface area contributed by atoms with Gasteiger partial charge in [0, 0.05) is 47.9 Å². The van der Waals surface area contributed by atoms with Gasteiger partial charge in [0.05, 0.1) is 5.69 Å². The molecule has 66 heavy (non-hydrogen) atoms. The zero-order valence-corrected chi connectivity index (χ0v) is 39.6. The molecule has 0 atom stereocenters. The largest absolute Gasteiger partial charge is 0.310 e. The van der Waals surface area contributed by atoms with E-state index >= 15 is 0 Å². The molecular formula is C64H53NS. The second kappa shape index (κ2) is 14.8. The Hall–Kier alpha value is -7.00. The average molecular weight is 868 g/mol. The van der Waals surface area contributed by atoms with Crippen LogP contribution in [0.4, 0.5) is 17.1 Å². The second-order valence-electron chi connectivity index (χ2n) is 20.6. The number of benzene rings is 9. The predicted octanol–water partition coefficient (Wildman–Crippen LogP) is 18.4. The van der Waals surface area contributed by atoms with E-state index in [0.717, 1.165) is 17.1 Å². The maximum atomic E-state index is 2.48. The van der Waals surface area contributed by atoms with Crippen LogP contribution in [0.2, 0.25) is 0 Å². The first kappa shape index (κ1) is 40.5. The first-order chi connectivity index (χ1) is 31.8. The van der Waals surface area contributed by atoms with Crippen molar-refractivity contribution >= 4 is 48.6 Å². The number of nitrogens with zero attached hydrogens (tertiary/aromatic N) is 1. The molecule has 1 heterocycles. The zero-order chi connectivity index (χ0) is 45.1. The van der Waals surface area contributed by atoms with Crippen LogP contribution < -0.4 is 4.90 Å². The third-order valence-corrected chi connectivity index (χ3v) is 16.0. The summed E-state index contributed by atoms with van der Waals surface area (Å²) in [6.45, 7) is 16.4. The quantitative estimate of drug-likeness (QED) is 0.161. The number of fused-ring (bicyclic) bond motifs is 9. The summed E-state index contributed by atoms with van der Waals surface area (Å²) in [4.78, 5) is 2.48. The third-order valence-electron chi connectivity index (χ3n) is 14.9. The van der Waals surface area contributed by atoms with E-state index < -0.39 is 0 Å². The molecule has 0 N–H and O–H groups in total. The van der Waals surface area contributed by atoms with Gasteiger partial charge in [-0.25, -0.2) is 0 Å². The molecule has 0 aliphatic heterocycles. The predicted molar refractivity (Wildman–Crippen MR) is 284 cm³/mol. The van der Waals surface area contributed by atoms with Crippen molar-refractivity contribution in [3.05, 3.63) is 222 Å². The monoisotopic (exact) mass is 867 g/mol. The maximum absolute atomic E-state index is 2.48. The molecule has 0 saturated heterocycles. The SMILES string of the molecule is CC(C)(C)c1ccc(-c2ccc3c(c2)C(C)(C)c2ccc(-c4ccccc4N(c4ccc(-c5ccc6c(c5)sc5ccccc56)cc4)c4ccc5c(c4)C(C)(C)c4ccccc4-5)cc2-3)cc1. The van der Waals surface area contributed by atoms with Crippen molar-refractivity contribution in [1.29, 1.82) is 0 Å². The molecule has 0 bridgehead atoms. The summed E-state index contributed by atoms with van der Waals surface area (Å²) >= 11 is 1.87. The van der Waals surface area contributed by atoms with Crippen molar-refractivity contribution < 1.29 is 0 Å². The summed E-state index contributed by atoms with van der Waals surface area (Å²) in [5.41, 5.74) is 22.8. The second-order valence-corrected chi connectivity index (χ2v) is 21.7. The van der Waals surface area contributed by atoms with Crippen molar-refractivity contribution in [1.82, 2.24) is 0 Å². The Bertz CT molecular complexity index is 3560. The van der Waals surface area contributed by atoms with E-state index in [0.29, 0.717) is 0 Å². The molecule has 0 saturated carbocycles. The van der Waals surface area contributed by atoms with Crippen LogP contribution in [0.25, 0.3) is 75.8 Å². The van der Waals surface area contributed by atoms with Crippen molar-refractivity contribution in [2.45, 2.75) is 64.7 Å². The smallest absolute Gasteiger partial charge is 0.0540 e. The number of anilines is 3. The Kier molecular flexibility index (Phi) is 9.06. The Morgan fingerprint density at radius 3 is 1.67 bits per heavy atom. The molecule has 10 aromatic rings. The highest BCUT2D eigenvalue weighted by Gasteiger charge is 2.37. The van der Waals surface area contributed by atoms with Crippen molar-refractivity contribution in [2.75, 3.05) is 4.90 Å². The fraction of sp³-hybridized carbons (Fsp3) is 0.156. The lowest BCUT2D eigenvalue weighted by atomic mass is 9.81. The van der Waals surface area contributed by atoms with Gasteiger partial charge in [-0.05, 0) is 138 Å². The van der Waals surface area contributed by atoms with E-state index in [1.807, 2.05) is 11.3 Å². The molecule has 12 rings (SSSR count). The molecule has 2 aliphatic rings. The number of rotatable bonds is 6. The van der Waals surface area contributed by atoms with Gasteiger partial charge in [0.15, 0.2) is 0 Å². The van der Waals surface area contributed by atoms with E-state index in [2.05, 4.69) is 247 Å². The molecule has 0 unspecified atom stereocenters. The summed E-state index contributed by atoms with van der Waals surface area (Å²) in [6, 6.07) is 73.4. The molecule has 1 nitrogen and oxygen atoms in total. The van der Waals surface area contributed by atoms with E-state index in [9.17, 15) is 0 Å². The molecule has 0 radical (unpaired) electrons. The lowest BCUT2D eigenvalue weighted by Gasteiger charge is -2.30. The van der Waals surface area contributed by atoms with Gasteiger partial charge < -0.3 is 4.90 Å². The molecule has 0 amide bonds. The van der Waals surface area contributed by atoms with Crippen molar-refractivity contribution in [3.8, 4) is 55.6 Å². The molecule has 320 valence electrons. The third kappa shape index (κ3) is 6.33. The van der Waals surface area contributed by atoms with Gasteiger partial charge in [-0.15, -0.1) is 11.3 Å². The van der Waals surface area contributed by atoms with Crippen molar-refractivity contribution in [3.63, 3.8) is 0 Å². The molecule has 1 aromatic heterocycles. The van der Waals surface area contributed by atoms with Gasteiger partial charge in [0.1, 0.15) is 0 Å². The minimum absolute atomic E-state index is 0.124. The number of hydrogen-bond donors (Lipinski definition) is 0. The highest BCUT2D eigenvalue weighted by Crippen LogP contribution is 2.54. The van der Waals surface area contributed by atoms with Crippen LogP contribution in [-0.2, 0) is 16.2 Å². The van der Waals surface area contributed by atoms with Crippen LogP contribution >= 0.6 is 11.3 Å². The maximum Gasteiger partial charge on any atom is 0.0540 e. The van der Waals surface area contributed by atoms with Gasteiger partial charge >= 0.3 is 0 Å². The van der Waals surface area contributed by atoms with Crippen LogP contribution in [0.1, 0.15) is 76.3 Å². The highest BCUT2D eigenvalue weighted by atomic mass is 32.1. The van der Waals surface area contributed by atoms with Gasteiger partial charge in [-0.3, -0.25) is 0 Å². The summed E-state index contributed by atoms with van der Waals surface area (Å²) < 4.78 is 2.65. The molecule has 2 heteroatoms. The lowest BCUT2D eigenvalue weighted by molar-refractivity contribution is 0.590. The standard InChI is InChI=1S/C64H53NS/c1-62(2,3)45-27-20-40(21-28-45)42-24-32-51-54-36-44(26-35-56(54)64(6,7)57(51)37-42)48-14-9-12-18-59(48)65(47-31-34-50-49-15-8-11-17-55(49)63(4,5)58(50)39-47)46-29-22-41(23-30-46)43-25-33-53-52-16-10-13-19-60(52)66-61(53)38-43/h8-39H,1-7H3. The number of para-hydroxylation sites is 1. The van der Waals surface area contributed by atoms with Gasteiger partial charge in [0.2, 0.25) is 0 Å². The van der Waals surface area contributed by atoms with E-state index in [4.69, 9.17) is 0 Å². The van der Waals surface area contributed by atoms with Gasteiger partial charge in [-0.2, -0.15) is 0 Å². The molecular weight excluding hydrogens is 815 g/mol. The van der Waals surface area contributed by atoms with Crippen LogP contribution in [0, 0.1) is 0 Å². The van der Waals surface area contributed by atoms with Crippen molar-refractivity contribution in [2.24, 2.45) is 0 Å². The van der Waals surface area contributed by atoms with Crippen LogP contribution in [0.15, 0.2) is 194 Å². The fourth-order valence-electron chi connectivity index (χ4n) is 11.1. The van der Waals surface area contributed by atoms with Gasteiger partial charge in [-0.1, -0.05) is 188 Å². The number of hydrogen-bond acceptors (Lipinski definition) is 2.